The monoisotopic (exact) mass is 259 g/mol. The van der Waals surface area contributed by atoms with Crippen LogP contribution < -0.4 is 4.74 Å². The van der Waals surface area contributed by atoms with Crippen LogP contribution in [0.1, 0.15) is 25.7 Å². The first-order chi connectivity index (χ1) is 6.75. The van der Waals surface area contributed by atoms with Crippen molar-refractivity contribution in [2.75, 3.05) is 0 Å². The molecule has 0 amide bonds. The van der Waals surface area contributed by atoms with Gasteiger partial charge in [0.1, 0.15) is 6.10 Å². The second kappa shape index (κ2) is 4.26. The lowest BCUT2D eigenvalue weighted by atomic mass is 10.3. The average Bonchev–Trinajstić information content (AvgIpc) is 2.64. The van der Waals surface area contributed by atoms with Crippen LogP contribution in [0.5, 0.6) is 5.88 Å². The van der Waals surface area contributed by atoms with Gasteiger partial charge in [0.25, 0.3) is 0 Å². The van der Waals surface area contributed by atoms with Crippen molar-refractivity contribution in [3.8, 4) is 5.88 Å². The van der Waals surface area contributed by atoms with Crippen molar-refractivity contribution in [2.24, 2.45) is 0 Å². The molecule has 4 heteroatoms. The molecule has 1 aliphatic carbocycles. The normalized spacial score (nSPS) is 17.3. The maximum absolute atomic E-state index is 13.0. The van der Waals surface area contributed by atoms with E-state index in [2.05, 4.69) is 20.9 Å². The lowest BCUT2D eigenvalue weighted by Crippen LogP contribution is -2.12. The molecule has 14 heavy (non-hydrogen) atoms. The summed E-state index contributed by atoms with van der Waals surface area (Å²) in [4.78, 5) is 3.70. The quantitative estimate of drug-likeness (QED) is 0.761. The molecule has 1 heterocycles. The molecule has 0 bridgehead atoms. The van der Waals surface area contributed by atoms with Gasteiger partial charge in [-0.05, 0) is 47.7 Å². The van der Waals surface area contributed by atoms with E-state index in [0.717, 1.165) is 12.8 Å². The number of rotatable bonds is 2. The zero-order chi connectivity index (χ0) is 9.97. The van der Waals surface area contributed by atoms with Crippen LogP contribution >= 0.6 is 15.9 Å². The number of nitrogens with zero attached hydrogens (tertiary/aromatic N) is 1. The molecule has 1 aromatic heterocycles. The van der Waals surface area contributed by atoms with E-state index in [-0.39, 0.29) is 6.10 Å². The molecule has 0 aromatic carbocycles. The SMILES string of the molecule is Fc1nc(OC2CCCC2)ccc1Br. The molecule has 1 aromatic rings. The van der Waals surface area contributed by atoms with E-state index in [1.54, 1.807) is 12.1 Å². The number of hydrogen-bond acceptors (Lipinski definition) is 2. The van der Waals surface area contributed by atoms with Crippen molar-refractivity contribution in [3.05, 3.63) is 22.6 Å². The molecule has 0 aliphatic heterocycles. The molecule has 0 atom stereocenters. The molecule has 0 radical (unpaired) electrons. The summed E-state index contributed by atoms with van der Waals surface area (Å²) in [7, 11) is 0. The van der Waals surface area contributed by atoms with Crippen LogP contribution in [0.15, 0.2) is 16.6 Å². The highest BCUT2D eigenvalue weighted by molar-refractivity contribution is 9.10. The third kappa shape index (κ3) is 2.23. The highest BCUT2D eigenvalue weighted by Crippen LogP contribution is 2.24. The highest BCUT2D eigenvalue weighted by atomic mass is 79.9. The van der Waals surface area contributed by atoms with Crippen LogP contribution in [0.2, 0.25) is 0 Å². The Bertz CT molecular complexity index is 326. The first kappa shape index (κ1) is 9.90. The predicted molar refractivity (Wildman–Crippen MR) is 54.8 cm³/mol. The van der Waals surface area contributed by atoms with Gasteiger partial charge in [-0.25, -0.2) is 0 Å². The molecular formula is C10H11BrFNO. The third-order valence-corrected chi connectivity index (χ3v) is 2.96. The maximum Gasteiger partial charge on any atom is 0.230 e. The van der Waals surface area contributed by atoms with Crippen molar-refractivity contribution in [1.29, 1.82) is 0 Å². The number of hydrogen-bond donors (Lipinski definition) is 0. The van der Waals surface area contributed by atoms with Gasteiger partial charge in [-0.2, -0.15) is 9.37 Å². The zero-order valence-corrected chi connectivity index (χ0v) is 9.26. The second-order valence-electron chi connectivity index (χ2n) is 3.45. The molecule has 76 valence electrons. The maximum atomic E-state index is 13.0. The van der Waals surface area contributed by atoms with Crippen LogP contribution in [0.3, 0.4) is 0 Å². The predicted octanol–water partition coefficient (Wildman–Crippen LogP) is 3.30. The molecular weight excluding hydrogens is 249 g/mol. The van der Waals surface area contributed by atoms with Crippen LogP contribution in [0, 0.1) is 5.95 Å². The minimum Gasteiger partial charge on any atom is -0.474 e. The van der Waals surface area contributed by atoms with E-state index < -0.39 is 5.95 Å². The van der Waals surface area contributed by atoms with Crippen molar-refractivity contribution in [2.45, 2.75) is 31.8 Å². The molecule has 0 unspecified atom stereocenters. The molecule has 2 rings (SSSR count). The van der Waals surface area contributed by atoms with E-state index in [0.29, 0.717) is 10.4 Å². The van der Waals surface area contributed by atoms with Crippen LogP contribution in [0.25, 0.3) is 0 Å². The smallest absolute Gasteiger partial charge is 0.230 e. The van der Waals surface area contributed by atoms with Crippen LogP contribution in [0.4, 0.5) is 4.39 Å². The van der Waals surface area contributed by atoms with Gasteiger partial charge in [0.15, 0.2) is 0 Å². The number of aromatic nitrogens is 1. The number of pyridine rings is 1. The highest BCUT2D eigenvalue weighted by Gasteiger charge is 2.17. The molecule has 1 aliphatic rings. The fourth-order valence-corrected chi connectivity index (χ4v) is 1.86. The number of halogens is 2. The van der Waals surface area contributed by atoms with Gasteiger partial charge in [0.2, 0.25) is 11.8 Å². The standard InChI is InChI=1S/C10H11BrFNO/c11-8-5-6-9(13-10(8)12)14-7-3-1-2-4-7/h5-7H,1-4H2. The summed E-state index contributed by atoms with van der Waals surface area (Å²) < 4.78 is 18.9. The van der Waals surface area contributed by atoms with Gasteiger partial charge >= 0.3 is 0 Å². The second-order valence-corrected chi connectivity index (χ2v) is 4.30. The Hall–Kier alpha value is -0.640. The summed E-state index contributed by atoms with van der Waals surface area (Å²) in [5.74, 6) is -0.127. The van der Waals surface area contributed by atoms with Gasteiger partial charge in [0, 0.05) is 6.07 Å². The summed E-state index contributed by atoms with van der Waals surface area (Å²) in [5.41, 5.74) is 0. The van der Waals surface area contributed by atoms with Crippen molar-refractivity contribution in [3.63, 3.8) is 0 Å². The van der Waals surface area contributed by atoms with Crippen LogP contribution in [-0.4, -0.2) is 11.1 Å². The summed E-state index contributed by atoms with van der Waals surface area (Å²) >= 11 is 3.05. The van der Waals surface area contributed by atoms with Crippen molar-refractivity contribution >= 4 is 15.9 Å². The summed E-state index contributed by atoms with van der Waals surface area (Å²) in [6, 6.07) is 3.30. The molecule has 1 saturated carbocycles. The Labute approximate surface area is 90.6 Å². The largest absolute Gasteiger partial charge is 0.474 e. The minimum atomic E-state index is -0.513. The van der Waals surface area contributed by atoms with Crippen LogP contribution in [-0.2, 0) is 0 Å². The summed E-state index contributed by atoms with van der Waals surface area (Å²) in [5, 5.41) is 0. The van der Waals surface area contributed by atoms with Gasteiger partial charge in [-0.3, -0.25) is 0 Å². The first-order valence-corrected chi connectivity index (χ1v) is 5.54. The number of ether oxygens (including phenoxy) is 1. The average molecular weight is 260 g/mol. The van der Waals surface area contributed by atoms with E-state index in [4.69, 9.17) is 4.74 Å². The molecule has 1 fully saturated rings. The Balaban J connectivity index is 2.05. The lowest BCUT2D eigenvalue weighted by molar-refractivity contribution is 0.199. The Morgan fingerprint density at radius 3 is 2.71 bits per heavy atom. The zero-order valence-electron chi connectivity index (χ0n) is 7.67. The van der Waals surface area contributed by atoms with Gasteiger partial charge in [-0.15, -0.1) is 0 Å². The minimum absolute atomic E-state index is 0.225. The molecule has 2 nitrogen and oxygen atoms in total. The first-order valence-electron chi connectivity index (χ1n) is 4.74. The third-order valence-electron chi connectivity index (χ3n) is 2.37. The van der Waals surface area contributed by atoms with E-state index in [1.165, 1.54) is 12.8 Å². The molecule has 0 saturated heterocycles. The van der Waals surface area contributed by atoms with Crippen molar-refractivity contribution < 1.29 is 9.13 Å². The molecule has 0 spiro atoms. The fraction of sp³-hybridized carbons (Fsp3) is 0.500. The topological polar surface area (TPSA) is 22.1 Å². The van der Waals surface area contributed by atoms with E-state index >= 15 is 0 Å². The Morgan fingerprint density at radius 1 is 1.36 bits per heavy atom. The Morgan fingerprint density at radius 2 is 2.07 bits per heavy atom. The fourth-order valence-electron chi connectivity index (χ4n) is 1.64. The van der Waals surface area contributed by atoms with Gasteiger partial charge in [0.05, 0.1) is 4.47 Å². The van der Waals surface area contributed by atoms with Crippen molar-refractivity contribution in [1.82, 2.24) is 4.98 Å². The summed E-state index contributed by atoms with van der Waals surface area (Å²) in [6.45, 7) is 0. The van der Waals surface area contributed by atoms with Gasteiger partial charge < -0.3 is 4.74 Å². The lowest BCUT2D eigenvalue weighted by Gasteiger charge is -2.11. The van der Waals surface area contributed by atoms with Gasteiger partial charge in [-0.1, -0.05) is 0 Å². The molecule has 0 N–H and O–H groups in total. The Kier molecular flexibility index (Phi) is 3.01. The van der Waals surface area contributed by atoms with E-state index in [1.807, 2.05) is 0 Å². The summed E-state index contributed by atoms with van der Waals surface area (Å²) in [6.07, 6.45) is 4.73. The van der Waals surface area contributed by atoms with E-state index in [9.17, 15) is 4.39 Å².